The molecule has 0 aliphatic carbocycles. The van der Waals surface area contributed by atoms with Crippen LogP contribution in [0.5, 0.6) is 0 Å². The minimum Gasteiger partial charge on any atom is -0.394 e. The molecule has 1 unspecified atom stereocenters. The van der Waals surface area contributed by atoms with Crippen molar-refractivity contribution in [3.63, 3.8) is 0 Å². The number of rotatable bonds is 6. The second-order valence-corrected chi connectivity index (χ2v) is 5.62. The van der Waals surface area contributed by atoms with E-state index in [9.17, 15) is 0 Å². The van der Waals surface area contributed by atoms with Gasteiger partial charge >= 0.3 is 0 Å². The van der Waals surface area contributed by atoms with E-state index in [2.05, 4.69) is 41.6 Å². The largest absolute Gasteiger partial charge is 0.394 e. The topological polar surface area (TPSA) is 56.7 Å². The maximum absolute atomic E-state index is 8.79. The van der Waals surface area contributed by atoms with E-state index in [1.807, 2.05) is 18.3 Å². The van der Waals surface area contributed by atoms with Gasteiger partial charge in [0.15, 0.2) is 5.96 Å². The third kappa shape index (κ3) is 7.74. The molecule has 0 aliphatic rings. The Balaban J connectivity index is 0.00000324. The van der Waals surface area contributed by atoms with Crippen LogP contribution in [0, 0.1) is 6.92 Å². The summed E-state index contributed by atoms with van der Waals surface area (Å²) in [5.41, 5.74) is 0. The molecule has 0 saturated heterocycles. The zero-order valence-electron chi connectivity index (χ0n) is 11.8. The first-order valence-corrected chi connectivity index (χ1v) is 7.18. The second kappa shape index (κ2) is 10.4. The van der Waals surface area contributed by atoms with Crippen LogP contribution >= 0.6 is 35.3 Å². The quantitative estimate of drug-likeness (QED) is 0.392. The summed E-state index contributed by atoms with van der Waals surface area (Å²) in [4.78, 5) is 6.99. The molecule has 4 nitrogen and oxygen atoms in total. The van der Waals surface area contributed by atoms with Gasteiger partial charge in [-0.15, -0.1) is 35.3 Å². The van der Waals surface area contributed by atoms with E-state index in [4.69, 9.17) is 5.11 Å². The lowest BCUT2D eigenvalue weighted by Crippen LogP contribution is -2.43. The molecule has 0 amide bonds. The highest BCUT2D eigenvalue weighted by Gasteiger charge is 2.07. The summed E-state index contributed by atoms with van der Waals surface area (Å²) in [6.07, 6.45) is 0.988. The van der Waals surface area contributed by atoms with Crippen LogP contribution in [0.3, 0.4) is 0 Å². The molecule has 3 N–H and O–H groups in total. The van der Waals surface area contributed by atoms with E-state index in [1.54, 1.807) is 0 Å². The molecule has 110 valence electrons. The first-order chi connectivity index (χ1) is 8.65. The van der Waals surface area contributed by atoms with Crippen molar-refractivity contribution in [2.45, 2.75) is 33.2 Å². The first-order valence-electron chi connectivity index (χ1n) is 6.36. The second-order valence-electron chi connectivity index (χ2n) is 4.25. The Kier molecular flexibility index (Phi) is 10.3. The van der Waals surface area contributed by atoms with Crippen molar-refractivity contribution in [2.75, 3.05) is 19.7 Å². The van der Waals surface area contributed by atoms with Gasteiger partial charge in [0, 0.05) is 28.8 Å². The van der Waals surface area contributed by atoms with Crippen LogP contribution in [0.2, 0.25) is 0 Å². The van der Waals surface area contributed by atoms with Gasteiger partial charge in [-0.2, -0.15) is 0 Å². The highest BCUT2D eigenvalue weighted by atomic mass is 127. The van der Waals surface area contributed by atoms with Gasteiger partial charge in [0.1, 0.15) is 0 Å². The van der Waals surface area contributed by atoms with E-state index in [0.717, 1.165) is 18.9 Å². The van der Waals surface area contributed by atoms with E-state index >= 15 is 0 Å². The number of thiophene rings is 1. The average molecular weight is 397 g/mol. The molecule has 1 aromatic heterocycles. The maximum Gasteiger partial charge on any atom is 0.191 e. The predicted octanol–water partition coefficient (Wildman–Crippen LogP) is 2.15. The van der Waals surface area contributed by atoms with Gasteiger partial charge in [-0.05, 0) is 32.9 Å². The monoisotopic (exact) mass is 397 g/mol. The number of aliphatic hydroxyl groups is 1. The van der Waals surface area contributed by atoms with Crippen LogP contribution in [-0.2, 0) is 6.42 Å². The SMILES string of the molecule is CCNC(=NCCO)NC(C)Cc1ccc(C)s1.I. The Morgan fingerprint density at radius 1 is 1.47 bits per heavy atom. The van der Waals surface area contributed by atoms with Crippen molar-refractivity contribution < 1.29 is 5.11 Å². The number of aliphatic imine (C=N–C) groups is 1. The molecule has 6 heteroatoms. The fourth-order valence-electron chi connectivity index (χ4n) is 1.66. The van der Waals surface area contributed by atoms with Gasteiger partial charge in [-0.1, -0.05) is 0 Å². The standard InChI is InChI=1S/C13H23N3OS.HI/c1-4-14-13(15-7-8-17)16-10(2)9-12-6-5-11(3)18-12;/h5-6,10,17H,4,7-9H2,1-3H3,(H2,14,15,16);1H. The minimum atomic E-state index is 0. The van der Waals surface area contributed by atoms with Gasteiger partial charge in [0.05, 0.1) is 13.2 Å². The summed E-state index contributed by atoms with van der Waals surface area (Å²) in [6.45, 7) is 7.63. The summed E-state index contributed by atoms with van der Waals surface area (Å²) >= 11 is 1.83. The van der Waals surface area contributed by atoms with Crippen LogP contribution < -0.4 is 10.6 Å². The van der Waals surface area contributed by atoms with Gasteiger partial charge in [0.25, 0.3) is 0 Å². The van der Waals surface area contributed by atoms with E-state index in [0.29, 0.717) is 12.6 Å². The summed E-state index contributed by atoms with van der Waals surface area (Å²) in [5, 5.41) is 15.3. The molecule has 1 aromatic rings. The number of aryl methyl sites for hydroxylation is 1. The summed E-state index contributed by atoms with van der Waals surface area (Å²) in [6, 6.07) is 4.65. The molecule has 0 saturated carbocycles. The molecule has 0 aliphatic heterocycles. The lowest BCUT2D eigenvalue weighted by Gasteiger charge is -2.17. The number of hydrogen-bond acceptors (Lipinski definition) is 3. The van der Waals surface area contributed by atoms with Crippen LogP contribution in [0.1, 0.15) is 23.6 Å². The third-order valence-electron chi connectivity index (χ3n) is 2.40. The van der Waals surface area contributed by atoms with Gasteiger partial charge < -0.3 is 15.7 Å². The Hall–Kier alpha value is -0.340. The normalized spacial score (nSPS) is 12.7. The summed E-state index contributed by atoms with van der Waals surface area (Å²) in [5.74, 6) is 0.771. The molecule has 1 rings (SSSR count). The van der Waals surface area contributed by atoms with Crippen LogP contribution in [0.15, 0.2) is 17.1 Å². The van der Waals surface area contributed by atoms with E-state index < -0.39 is 0 Å². The first kappa shape index (κ1) is 18.7. The Bertz CT molecular complexity index is 382. The number of halogens is 1. The number of aliphatic hydroxyl groups excluding tert-OH is 1. The Morgan fingerprint density at radius 3 is 2.74 bits per heavy atom. The Labute approximate surface area is 136 Å². The number of nitrogens with one attached hydrogen (secondary N) is 2. The fourth-order valence-corrected chi connectivity index (χ4v) is 2.68. The molecule has 0 fully saturated rings. The molecule has 1 atom stereocenters. The number of hydrogen-bond donors (Lipinski definition) is 3. The summed E-state index contributed by atoms with van der Waals surface area (Å²) < 4.78 is 0. The van der Waals surface area contributed by atoms with Crippen molar-refractivity contribution in [1.82, 2.24) is 10.6 Å². The molecule has 0 bridgehead atoms. The van der Waals surface area contributed by atoms with Gasteiger partial charge in [0.2, 0.25) is 0 Å². The van der Waals surface area contributed by atoms with Crippen molar-refractivity contribution >= 4 is 41.3 Å². The molecule has 0 aromatic carbocycles. The zero-order valence-corrected chi connectivity index (χ0v) is 14.9. The lowest BCUT2D eigenvalue weighted by molar-refractivity contribution is 0.306. The van der Waals surface area contributed by atoms with Gasteiger partial charge in [-0.25, -0.2) is 0 Å². The van der Waals surface area contributed by atoms with Crippen LogP contribution in [0.4, 0.5) is 0 Å². The molecular formula is C13H24IN3OS. The third-order valence-corrected chi connectivity index (χ3v) is 3.42. The number of guanidine groups is 1. The molecule has 19 heavy (non-hydrogen) atoms. The fraction of sp³-hybridized carbons (Fsp3) is 0.615. The maximum atomic E-state index is 8.79. The zero-order chi connectivity index (χ0) is 13.4. The van der Waals surface area contributed by atoms with Crippen LogP contribution in [-0.4, -0.2) is 36.8 Å². The van der Waals surface area contributed by atoms with Crippen molar-refractivity contribution in [2.24, 2.45) is 4.99 Å². The van der Waals surface area contributed by atoms with E-state index in [1.165, 1.54) is 9.75 Å². The highest BCUT2D eigenvalue weighted by Crippen LogP contribution is 2.16. The summed E-state index contributed by atoms with van der Waals surface area (Å²) in [7, 11) is 0. The highest BCUT2D eigenvalue weighted by molar-refractivity contribution is 14.0. The molecule has 0 spiro atoms. The molecule has 1 heterocycles. The minimum absolute atomic E-state index is 0. The lowest BCUT2D eigenvalue weighted by atomic mass is 10.2. The van der Waals surface area contributed by atoms with Gasteiger partial charge in [-0.3, -0.25) is 4.99 Å². The smallest absolute Gasteiger partial charge is 0.191 e. The predicted molar refractivity (Wildman–Crippen MR) is 93.8 cm³/mol. The molecular weight excluding hydrogens is 373 g/mol. The Morgan fingerprint density at radius 2 is 2.21 bits per heavy atom. The average Bonchev–Trinajstić information content (AvgIpc) is 2.71. The molecule has 0 radical (unpaired) electrons. The van der Waals surface area contributed by atoms with Crippen molar-refractivity contribution in [3.8, 4) is 0 Å². The van der Waals surface area contributed by atoms with Crippen LogP contribution in [0.25, 0.3) is 0 Å². The number of nitrogens with zero attached hydrogens (tertiary/aromatic N) is 1. The van der Waals surface area contributed by atoms with E-state index in [-0.39, 0.29) is 30.6 Å². The van der Waals surface area contributed by atoms with Crippen molar-refractivity contribution in [1.29, 1.82) is 0 Å². The van der Waals surface area contributed by atoms with Crippen molar-refractivity contribution in [3.05, 3.63) is 21.9 Å².